The lowest BCUT2D eigenvalue weighted by atomic mass is 10.1. The van der Waals surface area contributed by atoms with Gasteiger partial charge in [-0.3, -0.25) is 0 Å². The summed E-state index contributed by atoms with van der Waals surface area (Å²) in [6.45, 7) is 4.52. The van der Waals surface area contributed by atoms with Gasteiger partial charge >= 0.3 is 0 Å². The predicted octanol–water partition coefficient (Wildman–Crippen LogP) is 1.98. The first-order chi connectivity index (χ1) is 7.17. The van der Waals surface area contributed by atoms with Crippen LogP contribution in [-0.4, -0.2) is 19.8 Å². The zero-order valence-corrected chi connectivity index (χ0v) is 9.62. The van der Waals surface area contributed by atoms with E-state index in [0.29, 0.717) is 6.61 Å². The molecule has 1 aromatic rings. The van der Waals surface area contributed by atoms with E-state index in [1.165, 1.54) is 5.56 Å². The molecule has 0 amide bonds. The molecule has 0 radical (unpaired) electrons. The lowest BCUT2D eigenvalue weighted by Crippen LogP contribution is -2.23. The highest BCUT2D eigenvalue weighted by Crippen LogP contribution is 2.28. The van der Waals surface area contributed by atoms with Crippen LogP contribution in [0.2, 0.25) is 0 Å². The molecule has 3 heteroatoms. The first-order valence-electron chi connectivity index (χ1n) is 5.22. The molecule has 15 heavy (non-hydrogen) atoms. The topological polar surface area (TPSA) is 44.5 Å². The van der Waals surface area contributed by atoms with Crippen molar-refractivity contribution in [2.75, 3.05) is 13.7 Å². The molecule has 1 atom stereocenters. The molecule has 0 bridgehead atoms. The quantitative estimate of drug-likeness (QED) is 0.806. The number of nitrogens with two attached hydrogens (primary N) is 1. The first-order valence-corrected chi connectivity index (χ1v) is 5.22. The Labute approximate surface area is 91.2 Å². The number of ether oxygens (including phenoxy) is 2. The van der Waals surface area contributed by atoms with Crippen LogP contribution in [0.25, 0.3) is 0 Å². The van der Waals surface area contributed by atoms with E-state index in [-0.39, 0.29) is 6.04 Å². The maximum absolute atomic E-state index is 5.62. The molecule has 2 N–H and O–H groups in total. The van der Waals surface area contributed by atoms with Crippen molar-refractivity contribution in [3.63, 3.8) is 0 Å². The van der Waals surface area contributed by atoms with E-state index in [2.05, 4.69) is 6.92 Å². The molecule has 0 fully saturated rings. The third-order valence-electron chi connectivity index (χ3n) is 2.14. The minimum atomic E-state index is 0.0283. The monoisotopic (exact) mass is 209 g/mol. The molecule has 0 saturated heterocycles. The highest BCUT2D eigenvalue weighted by Gasteiger charge is 2.05. The fourth-order valence-corrected chi connectivity index (χ4v) is 1.27. The van der Waals surface area contributed by atoms with E-state index in [1.54, 1.807) is 7.11 Å². The van der Waals surface area contributed by atoms with Crippen LogP contribution in [0.4, 0.5) is 0 Å². The number of hydrogen-bond acceptors (Lipinski definition) is 3. The molecule has 0 heterocycles. The molecule has 0 saturated carbocycles. The zero-order chi connectivity index (χ0) is 11.3. The largest absolute Gasteiger partial charge is 0.493 e. The smallest absolute Gasteiger partial charge is 0.161 e. The van der Waals surface area contributed by atoms with Gasteiger partial charge in [-0.2, -0.15) is 0 Å². The van der Waals surface area contributed by atoms with Crippen LogP contribution in [0.5, 0.6) is 11.5 Å². The van der Waals surface area contributed by atoms with Crippen molar-refractivity contribution in [2.24, 2.45) is 5.73 Å². The lowest BCUT2D eigenvalue weighted by Gasteiger charge is -2.13. The summed E-state index contributed by atoms with van der Waals surface area (Å²) in [5, 5.41) is 0. The van der Waals surface area contributed by atoms with Gasteiger partial charge < -0.3 is 15.2 Å². The van der Waals surface area contributed by atoms with Gasteiger partial charge in [0.1, 0.15) is 6.61 Å². The Morgan fingerprint density at radius 1 is 1.33 bits per heavy atom. The van der Waals surface area contributed by atoms with Gasteiger partial charge in [-0.05, 0) is 31.0 Å². The third kappa shape index (κ3) is 3.44. The SMILES string of the molecule is CCc1ccc(OCC(C)N)c(OC)c1. The summed E-state index contributed by atoms with van der Waals surface area (Å²) >= 11 is 0. The molecule has 0 aromatic heterocycles. The van der Waals surface area contributed by atoms with Crippen molar-refractivity contribution in [3.05, 3.63) is 23.8 Å². The average Bonchev–Trinajstić information content (AvgIpc) is 2.25. The molecular weight excluding hydrogens is 190 g/mol. The number of aryl methyl sites for hydroxylation is 1. The van der Waals surface area contributed by atoms with Gasteiger partial charge in [0.2, 0.25) is 0 Å². The van der Waals surface area contributed by atoms with Crippen LogP contribution in [0.3, 0.4) is 0 Å². The Morgan fingerprint density at radius 2 is 2.07 bits per heavy atom. The molecule has 84 valence electrons. The first kappa shape index (κ1) is 11.9. The summed E-state index contributed by atoms with van der Waals surface area (Å²) in [6, 6.07) is 6.00. The molecular formula is C12H19NO2. The maximum Gasteiger partial charge on any atom is 0.161 e. The van der Waals surface area contributed by atoms with Crippen molar-refractivity contribution in [2.45, 2.75) is 26.3 Å². The molecule has 0 aliphatic heterocycles. The van der Waals surface area contributed by atoms with Crippen LogP contribution < -0.4 is 15.2 Å². The van der Waals surface area contributed by atoms with Crippen LogP contribution >= 0.6 is 0 Å². The highest BCUT2D eigenvalue weighted by molar-refractivity contribution is 5.42. The number of rotatable bonds is 5. The van der Waals surface area contributed by atoms with E-state index in [1.807, 2.05) is 25.1 Å². The van der Waals surface area contributed by atoms with E-state index in [4.69, 9.17) is 15.2 Å². The summed E-state index contributed by atoms with van der Waals surface area (Å²) in [5.41, 5.74) is 6.86. The predicted molar refractivity (Wildman–Crippen MR) is 61.5 cm³/mol. The van der Waals surface area contributed by atoms with E-state index < -0.39 is 0 Å². The Kier molecular flexibility index (Phi) is 4.43. The Balaban J connectivity index is 2.78. The normalized spacial score (nSPS) is 12.3. The second kappa shape index (κ2) is 5.61. The molecule has 0 spiro atoms. The van der Waals surface area contributed by atoms with Crippen molar-refractivity contribution < 1.29 is 9.47 Å². The van der Waals surface area contributed by atoms with E-state index in [0.717, 1.165) is 17.9 Å². The molecule has 1 unspecified atom stereocenters. The molecule has 1 rings (SSSR count). The Hall–Kier alpha value is -1.22. The molecule has 1 aromatic carbocycles. The third-order valence-corrected chi connectivity index (χ3v) is 2.14. The minimum absolute atomic E-state index is 0.0283. The second-order valence-corrected chi connectivity index (χ2v) is 3.63. The minimum Gasteiger partial charge on any atom is -0.493 e. The van der Waals surface area contributed by atoms with Gasteiger partial charge in [0.05, 0.1) is 7.11 Å². The van der Waals surface area contributed by atoms with Crippen molar-refractivity contribution >= 4 is 0 Å². The van der Waals surface area contributed by atoms with Crippen LogP contribution in [0.1, 0.15) is 19.4 Å². The molecule has 0 aliphatic rings. The van der Waals surface area contributed by atoms with Crippen molar-refractivity contribution in [1.29, 1.82) is 0 Å². The Bertz CT molecular complexity index is 310. The highest BCUT2D eigenvalue weighted by atomic mass is 16.5. The van der Waals surface area contributed by atoms with Gasteiger partial charge in [-0.1, -0.05) is 13.0 Å². The fourth-order valence-electron chi connectivity index (χ4n) is 1.27. The summed E-state index contributed by atoms with van der Waals surface area (Å²) in [4.78, 5) is 0. The average molecular weight is 209 g/mol. The maximum atomic E-state index is 5.62. The van der Waals surface area contributed by atoms with Crippen LogP contribution in [0.15, 0.2) is 18.2 Å². The summed E-state index contributed by atoms with van der Waals surface area (Å²) in [6.07, 6.45) is 0.990. The van der Waals surface area contributed by atoms with Gasteiger partial charge in [0.15, 0.2) is 11.5 Å². The van der Waals surface area contributed by atoms with Crippen molar-refractivity contribution in [3.8, 4) is 11.5 Å². The van der Waals surface area contributed by atoms with Gasteiger partial charge in [-0.25, -0.2) is 0 Å². The zero-order valence-electron chi connectivity index (χ0n) is 9.62. The second-order valence-electron chi connectivity index (χ2n) is 3.63. The summed E-state index contributed by atoms with van der Waals surface area (Å²) < 4.78 is 10.8. The van der Waals surface area contributed by atoms with Crippen LogP contribution in [-0.2, 0) is 6.42 Å². The summed E-state index contributed by atoms with van der Waals surface area (Å²) in [7, 11) is 1.65. The van der Waals surface area contributed by atoms with E-state index in [9.17, 15) is 0 Å². The number of hydrogen-bond donors (Lipinski definition) is 1. The standard InChI is InChI=1S/C12H19NO2/c1-4-10-5-6-11(12(7-10)14-3)15-8-9(2)13/h5-7,9H,4,8,13H2,1-3H3. The van der Waals surface area contributed by atoms with E-state index >= 15 is 0 Å². The van der Waals surface area contributed by atoms with Crippen LogP contribution in [0, 0.1) is 0 Å². The number of methoxy groups -OCH3 is 1. The molecule has 3 nitrogen and oxygen atoms in total. The molecule has 0 aliphatic carbocycles. The fraction of sp³-hybridized carbons (Fsp3) is 0.500. The Morgan fingerprint density at radius 3 is 2.60 bits per heavy atom. The number of benzene rings is 1. The van der Waals surface area contributed by atoms with Gasteiger partial charge in [0.25, 0.3) is 0 Å². The summed E-state index contributed by atoms with van der Waals surface area (Å²) in [5.74, 6) is 1.53. The lowest BCUT2D eigenvalue weighted by molar-refractivity contribution is 0.278. The van der Waals surface area contributed by atoms with Gasteiger partial charge in [0, 0.05) is 6.04 Å². The van der Waals surface area contributed by atoms with Gasteiger partial charge in [-0.15, -0.1) is 0 Å². The van der Waals surface area contributed by atoms with Crippen molar-refractivity contribution in [1.82, 2.24) is 0 Å².